The Labute approximate surface area is 135 Å². The highest BCUT2D eigenvalue weighted by Crippen LogP contribution is 2.30. The number of hydrogen-bond donors (Lipinski definition) is 1. The first-order chi connectivity index (χ1) is 8.99. The lowest BCUT2D eigenvalue weighted by Crippen LogP contribution is -2.15. The predicted octanol–water partition coefficient (Wildman–Crippen LogP) is 4.98. The van der Waals surface area contributed by atoms with Crippen LogP contribution in [-0.4, -0.2) is 0 Å². The second kappa shape index (κ2) is 6.39. The van der Waals surface area contributed by atoms with E-state index in [0.29, 0.717) is 16.5 Å². The third-order valence-electron chi connectivity index (χ3n) is 2.85. The SMILES string of the molecule is NC(Cc1c(Cl)cccc1Cl)c1ccc(F)cc1I. The first-order valence-electron chi connectivity index (χ1n) is 5.62. The average Bonchev–Trinajstić information content (AvgIpc) is 2.33. The van der Waals surface area contributed by atoms with Crippen molar-refractivity contribution in [3.8, 4) is 0 Å². The third kappa shape index (κ3) is 3.60. The minimum atomic E-state index is -0.273. The van der Waals surface area contributed by atoms with Crippen molar-refractivity contribution < 1.29 is 4.39 Å². The standard InChI is InChI=1S/C14H11Cl2FIN/c15-11-2-1-3-12(16)10(11)7-14(19)9-5-4-8(17)6-13(9)18/h1-6,14H,7,19H2. The summed E-state index contributed by atoms with van der Waals surface area (Å²) in [4.78, 5) is 0. The summed E-state index contributed by atoms with van der Waals surface area (Å²) in [6.45, 7) is 0. The molecule has 1 atom stereocenters. The van der Waals surface area contributed by atoms with Crippen LogP contribution in [0.25, 0.3) is 0 Å². The molecule has 1 nitrogen and oxygen atoms in total. The van der Waals surface area contributed by atoms with Gasteiger partial charge in [-0.1, -0.05) is 35.3 Å². The molecular weight excluding hydrogens is 399 g/mol. The molecule has 2 aromatic carbocycles. The molecule has 0 fully saturated rings. The van der Waals surface area contributed by atoms with Gasteiger partial charge in [-0.2, -0.15) is 0 Å². The molecular formula is C14H11Cl2FIN. The van der Waals surface area contributed by atoms with Gasteiger partial charge >= 0.3 is 0 Å². The van der Waals surface area contributed by atoms with Crippen LogP contribution in [0.5, 0.6) is 0 Å². The zero-order chi connectivity index (χ0) is 14.0. The van der Waals surface area contributed by atoms with Gasteiger partial charge in [0.2, 0.25) is 0 Å². The number of hydrogen-bond acceptors (Lipinski definition) is 1. The van der Waals surface area contributed by atoms with Gasteiger partial charge in [0.25, 0.3) is 0 Å². The van der Waals surface area contributed by atoms with Crippen molar-refractivity contribution in [1.29, 1.82) is 0 Å². The molecule has 19 heavy (non-hydrogen) atoms. The van der Waals surface area contributed by atoms with Crippen LogP contribution in [0.2, 0.25) is 10.0 Å². The van der Waals surface area contributed by atoms with E-state index in [1.165, 1.54) is 12.1 Å². The van der Waals surface area contributed by atoms with Gasteiger partial charge < -0.3 is 5.73 Å². The summed E-state index contributed by atoms with van der Waals surface area (Å²) in [6, 6.07) is 9.66. The van der Waals surface area contributed by atoms with Crippen molar-refractivity contribution in [1.82, 2.24) is 0 Å². The summed E-state index contributed by atoms with van der Waals surface area (Å²) >= 11 is 14.3. The summed E-state index contributed by atoms with van der Waals surface area (Å²) in [6.07, 6.45) is 0.514. The van der Waals surface area contributed by atoms with E-state index >= 15 is 0 Å². The maximum absolute atomic E-state index is 13.1. The van der Waals surface area contributed by atoms with E-state index in [1.54, 1.807) is 24.3 Å². The monoisotopic (exact) mass is 409 g/mol. The van der Waals surface area contributed by atoms with Crippen molar-refractivity contribution in [3.63, 3.8) is 0 Å². The van der Waals surface area contributed by atoms with Crippen LogP contribution < -0.4 is 5.73 Å². The summed E-state index contributed by atoms with van der Waals surface area (Å²) in [7, 11) is 0. The Morgan fingerprint density at radius 2 is 1.79 bits per heavy atom. The zero-order valence-corrected chi connectivity index (χ0v) is 13.5. The fourth-order valence-corrected chi connectivity index (χ4v) is 3.29. The first-order valence-corrected chi connectivity index (χ1v) is 7.46. The maximum Gasteiger partial charge on any atom is 0.124 e. The predicted molar refractivity (Wildman–Crippen MR) is 86.2 cm³/mol. The molecule has 0 saturated heterocycles. The average molecular weight is 410 g/mol. The van der Waals surface area contributed by atoms with Crippen LogP contribution >= 0.6 is 45.8 Å². The Balaban J connectivity index is 2.28. The van der Waals surface area contributed by atoms with Crippen molar-refractivity contribution in [2.45, 2.75) is 12.5 Å². The van der Waals surface area contributed by atoms with Crippen LogP contribution in [0.15, 0.2) is 36.4 Å². The van der Waals surface area contributed by atoms with E-state index in [9.17, 15) is 4.39 Å². The molecule has 0 aliphatic heterocycles. The first kappa shape index (κ1) is 15.0. The lowest BCUT2D eigenvalue weighted by atomic mass is 9.99. The lowest BCUT2D eigenvalue weighted by Gasteiger charge is -2.16. The number of rotatable bonds is 3. The summed E-state index contributed by atoms with van der Waals surface area (Å²) in [5.74, 6) is -0.267. The number of benzene rings is 2. The van der Waals surface area contributed by atoms with E-state index < -0.39 is 0 Å². The molecule has 2 N–H and O–H groups in total. The molecule has 0 spiro atoms. The fraction of sp³-hybridized carbons (Fsp3) is 0.143. The maximum atomic E-state index is 13.1. The van der Waals surface area contributed by atoms with Crippen LogP contribution in [0.1, 0.15) is 17.2 Å². The Morgan fingerprint density at radius 1 is 1.16 bits per heavy atom. The Bertz CT molecular complexity index is 584. The van der Waals surface area contributed by atoms with E-state index in [1.807, 2.05) is 0 Å². The van der Waals surface area contributed by atoms with E-state index in [0.717, 1.165) is 14.7 Å². The summed E-state index contributed by atoms with van der Waals surface area (Å²) < 4.78 is 13.9. The van der Waals surface area contributed by atoms with Gasteiger partial charge in [0.15, 0.2) is 0 Å². The molecule has 2 aromatic rings. The topological polar surface area (TPSA) is 26.0 Å². The molecule has 0 bridgehead atoms. The second-order valence-corrected chi connectivity index (χ2v) is 6.15. The Morgan fingerprint density at radius 3 is 2.37 bits per heavy atom. The molecule has 0 radical (unpaired) electrons. The van der Waals surface area contributed by atoms with Crippen LogP contribution in [0.4, 0.5) is 4.39 Å². The second-order valence-electron chi connectivity index (χ2n) is 4.18. The number of halogens is 4. The largest absolute Gasteiger partial charge is 0.324 e. The minimum Gasteiger partial charge on any atom is -0.324 e. The quantitative estimate of drug-likeness (QED) is 0.711. The summed E-state index contributed by atoms with van der Waals surface area (Å²) in [5, 5.41) is 1.19. The van der Waals surface area contributed by atoms with Crippen molar-refractivity contribution >= 4 is 45.8 Å². The third-order valence-corrected chi connectivity index (χ3v) is 4.49. The van der Waals surface area contributed by atoms with Gasteiger partial charge in [-0.15, -0.1) is 0 Å². The molecule has 0 saturated carbocycles. The van der Waals surface area contributed by atoms with Crippen molar-refractivity contribution in [2.24, 2.45) is 5.73 Å². The van der Waals surface area contributed by atoms with Gasteiger partial charge in [0.05, 0.1) is 0 Å². The molecule has 0 amide bonds. The van der Waals surface area contributed by atoms with Crippen molar-refractivity contribution in [3.05, 3.63) is 67.0 Å². The van der Waals surface area contributed by atoms with E-state index in [4.69, 9.17) is 28.9 Å². The number of nitrogens with two attached hydrogens (primary N) is 1. The van der Waals surface area contributed by atoms with E-state index in [2.05, 4.69) is 22.6 Å². The highest BCUT2D eigenvalue weighted by molar-refractivity contribution is 14.1. The van der Waals surface area contributed by atoms with Crippen LogP contribution in [0.3, 0.4) is 0 Å². The van der Waals surface area contributed by atoms with Crippen LogP contribution in [0, 0.1) is 9.39 Å². The van der Waals surface area contributed by atoms with Crippen molar-refractivity contribution in [2.75, 3.05) is 0 Å². The molecule has 5 heteroatoms. The summed E-state index contributed by atoms with van der Waals surface area (Å²) in [5.41, 5.74) is 7.88. The van der Waals surface area contributed by atoms with Gasteiger partial charge in [-0.05, 0) is 64.4 Å². The molecule has 2 rings (SSSR count). The minimum absolute atomic E-state index is 0.267. The van der Waals surface area contributed by atoms with E-state index in [-0.39, 0.29) is 11.9 Å². The van der Waals surface area contributed by atoms with Gasteiger partial charge in [-0.3, -0.25) is 0 Å². The Hall–Kier alpha value is -0.360. The highest BCUT2D eigenvalue weighted by Gasteiger charge is 2.15. The molecule has 1 unspecified atom stereocenters. The van der Waals surface area contributed by atoms with Crippen LogP contribution in [-0.2, 0) is 6.42 Å². The molecule has 0 aliphatic carbocycles. The van der Waals surface area contributed by atoms with Gasteiger partial charge in [0, 0.05) is 19.7 Å². The molecule has 0 heterocycles. The smallest absolute Gasteiger partial charge is 0.124 e. The van der Waals surface area contributed by atoms with Gasteiger partial charge in [-0.25, -0.2) is 4.39 Å². The molecule has 0 aliphatic rings. The molecule has 100 valence electrons. The lowest BCUT2D eigenvalue weighted by molar-refractivity contribution is 0.622. The normalized spacial score (nSPS) is 12.5. The Kier molecular flexibility index (Phi) is 5.06. The van der Waals surface area contributed by atoms with Gasteiger partial charge in [0.1, 0.15) is 5.82 Å². The zero-order valence-electron chi connectivity index (χ0n) is 9.84. The highest BCUT2D eigenvalue weighted by atomic mass is 127. The fourth-order valence-electron chi connectivity index (χ4n) is 1.86. The molecule has 0 aromatic heterocycles.